The first-order valence-corrected chi connectivity index (χ1v) is 11.2. The average molecular weight is 573 g/mol. The van der Waals surface area contributed by atoms with Gasteiger partial charge in [-0.25, -0.2) is 0 Å². The second kappa shape index (κ2) is 14.2. The Bertz CT molecular complexity index is 1240. The van der Waals surface area contributed by atoms with E-state index < -0.39 is 0 Å². The van der Waals surface area contributed by atoms with Crippen LogP contribution in [0.25, 0.3) is 21.5 Å². The van der Waals surface area contributed by atoms with Crippen molar-refractivity contribution in [3.63, 3.8) is 0 Å². The van der Waals surface area contributed by atoms with Gasteiger partial charge in [0.25, 0.3) is 0 Å². The summed E-state index contributed by atoms with van der Waals surface area (Å²) in [6.07, 6.45) is 2.05. The maximum atomic E-state index is 2.28. The van der Waals surface area contributed by atoms with Gasteiger partial charge >= 0.3 is 26.2 Å². The van der Waals surface area contributed by atoms with Gasteiger partial charge in [0, 0.05) is 0 Å². The molecule has 3 heteroatoms. The molecule has 0 spiro atoms. The molecule has 0 heterocycles. The van der Waals surface area contributed by atoms with E-state index >= 15 is 0 Å². The van der Waals surface area contributed by atoms with Gasteiger partial charge in [-0.1, -0.05) is 72.8 Å². The van der Waals surface area contributed by atoms with Crippen LogP contribution in [0.3, 0.4) is 0 Å². The summed E-state index contributed by atoms with van der Waals surface area (Å²) in [5.41, 5.74) is 5.54. The molecule has 0 amide bonds. The molecule has 0 unspecified atom stereocenters. The van der Waals surface area contributed by atoms with E-state index in [0.717, 1.165) is 12.8 Å². The van der Waals surface area contributed by atoms with Crippen LogP contribution < -0.4 is 24.8 Å². The monoisotopic (exact) mass is 570 g/mol. The Labute approximate surface area is 239 Å². The zero-order chi connectivity index (χ0) is 21.6. The van der Waals surface area contributed by atoms with Gasteiger partial charge in [-0.3, -0.25) is 0 Å². The van der Waals surface area contributed by atoms with E-state index in [0.29, 0.717) is 0 Å². The normalized spacial score (nSPS) is 9.83. The largest absolute Gasteiger partial charge is 4.00 e. The maximum Gasteiger partial charge on any atom is 4.00 e. The van der Waals surface area contributed by atoms with Gasteiger partial charge in [0.2, 0.25) is 0 Å². The Morgan fingerprint density at radius 3 is 1.14 bits per heavy atom. The quantitative estimate of drug-likeness (QED) is 0.285. The number of fused-ring (bicyclic) bond motifs is 2. The maximum absolute atomic E-state index is 2.28. The Kier molecular flexibility index (Phi) is 11.7. The van der Waals surface area contributed by atoms with E-state index in [2.05, 4.69) is 133 Å². The molecular weight excluding hydrogens is 546 g/mol. The van der Waals surface area contributed by atoms with Crippen LogP contribution in [0.2, 0.25) is 0 Å². The number of hydrogen-bond acceptors (Lipinski definition) is 0. The third-order valence-corrected chi connectivity index (χ3v) is 5.86. The first-order valence-electron chi connectivity index (χ1n) is 11.2. The average Bonchev–Trinajstić information content (AvgIpc) is 3.43. The minimum Gasteiger partial charge on any atom is -1.00 e. The van der Waals surface area contributed by atoms with Crippen LogP contribution >= 0.6 is 0 Å². The molecule has 172 valence electrons. The number of benzene rings is 4. The molecule has 0 aliphatic rings. The molecule has 0 saturated carbocycles. The van der Waals surface area contributed by atoms with Gasteiger partial charge < -0.3 is 24.8 Å². The Hall–Kier alpha value is -2.44. The molecule has 6 aromatic rings. The van der Waals surface area contributed by atoms with Gasteiger partial charge in [-0.05, 0) is 24.0 Å². The molecule has 0 N–H and O–H groups in total. The van der Waals surface area contributed by atoms with E-state index in [1.807, 2.05) is 0 Å². The van der Waals surface area contributed by atoms with Gasteiger partial charge in [0.15, 0.2) is 0 Å². The minimum atomic E-state index is 0. The third kappa shape index (κ3) is 7.78. The van der Waals surface area contributed by atoms with E-state index in [9.17, 15) is 0 Å². The predicted octanol–water partition coefficient (Wildman–Crippen LogP) is 2.30. The second-order valence-corrected chi connectivity index (χ2v) is 8.31. The van der Waals surface area contributed by atoms with Crippen molar-refractivity contribution in [3.05, 3.63) is 156 Å². The van der Waals surface area contributed by atoms with Crippen LogP contribution in [-0.2, 0) is 39.0 Å². The zero-order valence-electron chi connectivity index (χ0n) is 19.4. The minimum absolute atomic E-state index is 0. The zero-order valence-corrected chi connectivity index (χ0v) is 23.3. The molecule has 0 bridgehead atoms. The van der Waals surface area contributed by atoms with Crippen molar-refractivity contribution in [2.75, 3.05) is 0 Å². The SMILES string of the molecule is [Cl-].[Cl-].[Zr+4].c1ccc(Cc2cc3ccccc3[cH-]2)cc1.c1ccc(Cc2cc3ccccc3[cH-]2)cc1. The first-order chi connectivity index (χ1) is 15.8. The molecule has 0 saturated heterocycles. The van der Waals surface area contributed by atoms with Crippen molar-refractivity contribution in [3.8, 4) is 0 Å². The topological polar surface area (TPSA) is 0 Å². The Balaban J connectivity index is 0.000000227. The van der Waals surface area contributed by atoms with Crippen molar-refractivity contribution in [2.45, 2.75) is 12.8 Å². The summed E-state index contributed by atoms with van der Waals surface area (Å²) >= 11 is 0. The molecule has 0 atom stereocenters. The van der Waals surface area contributed by atoms with Crippen LogP contribution in [0, 0.1) is 0 Å². The molecule has 0 fully saturated rings. The molecule has 0 nitrogen and oxygen atoms in total. The van der Waals surface area contributed by atoms with Crippen molar-refractivity contribution >= 4 is 21.5 Å². The smallest absolute Gasteiger partial charge is 1.00 e. The summed E-state index contributed by atoms with van der Waals surface area (Å²) in [6.45, 7) is 0. The van der Waals surface area contributed by atoms with Crippen molar-refractivity contribution in [2.24, 2.45) is 0 Å². The molecule has 6 aromatic carbocycles. The summed E-state index contributed by atoms with van der Waals surface area (Å²) < 4.78 is 0. The van der Waals surface area contributed by atoms with E-state index in [4.69, 9.17) is 0 Å². The van der Waals surface area contributed by atoms with Crippen molar-refractivity contribution in [1.29, 1.82) is 0 Å². The molecule has 0 aromatic heterocycles. The Morgan fingerprint density at radius 1 is 0.429 bits per heavy atom. The van der Waals surface area contributed by atoms with Crippen LogP contribution in [0.15, 0.2) is 133 Å². The predicted molar refractivity (Wildman–Crippen MR) is 138 cm³/mol. The van der Waals surface area contributed by atoms with Crippen LogP contribution in [-0.4, -0.2) is 0 Å². The van der Waals surface area contributed by atoms with Crippen molar-refractivity contribution in [1.82, 2.24) is 0 Å². The van der Waals surface area contributed by atoms with E-state index in [1.165, 1.54) is 43.8 Å². The van der Waals surface area contributed by atoms with Gasteiger partial charge in [0.05, 0.1) is 0 Å². The summed E-state index contributed by atoms with van der Waals surface area (Å²) in [7, 11) is 0. The number of halogens is 2. The number of hydrogen-bond donors (Lipinski definition) is 0. The molecule has 6 rings (SSSR count). The summed E-state index contributed by atoms with van der Waals surface area (Å²) in [5.74, 6) is 0. The fraction of sp³-hybridized carbons (Fsp3) is 0.0625. The summed E-state index contributed by atoms with van der Waals surface area (Å²) in [6, 6.07) is 47.4. The van der Waals surface area contributed by atoms with E-state index in [-0.39, 0.29) is 51.0 Å². The number of rotatable bonds is 4. The fourth-order valence-electron chi connectivity index (χ4n) is 4.30. The molecule has 0 aliphatic heterocycles. The fourth-order valence-corrected chi connectivity index (χ4v) is 4.30. The van der Waals surface area contributed by atoms with Crippen molar-refractivity contribution < 1.29 is 51.0 Å². The van der Waals surface area contributed by atoms with Gasteiger partial charge in [0.1, 0.15) is 0 Å². The van der Waals surface area contributed by atoms with Gasteiger partial charge in [-0.2, -0.15) is 12.1 Å². The van der Waals surface area contributed by atoms with Crippen LogP contribution in [0.1, 0.15) is 22.3 Å². The standard InChI is InChI=1S/2C16H13.2ClH.Zr/c2*1-2-6-13(7-3-1)10-14-11-15-8-4-5-9-16(15)12-14;;;/h2*1-9,11-12H,10H2;2*1H;/q2*-1;;;+4/p-2. The van der Waals surface area contributed by atoms with Gasteiger partial charge in [-0.15, -0.1) is 81.2 Å². The first kappa shape index (κ1) is 28.8. The van der Waals surface area contributed by atoms with Crippen LogP contribution in [0.5, 0.6) is 0 Å². The Morgan fingerprint density at radius 2 is 0.771 bits per heavy atom. The molecule has 35 heavy (non-hydrogen) atoms. The second-order valence-electron chi connectivity index (χ2n) is 8.31. The van der Waals surface area contributed by atoms with E-state index in [1.54, 1.807) is 0 Å². The molecular formula is C32H26Cl2Zr. The molecule has 0 aliphatic carbocycles. The summed E-state index contributed by atoms with van der Waals surface area (Å²) in [5, 5.41) is 5.36. The summed E-state index contributed by atoms with van der Waals surface area (Å²) in [4.78, 5) is 0. The molecule has 0 radical (unpaired) electrons. The van der Waals surface area contributed by atoms with Crippen LogP contribution in [0.4, 0.5) is 0 Å². The third-order valence-electron chi connectivity index (χ3n) is 5.86.